The van der Waals surface area contributed by atoms with Crippen molar-refractivity contribution in [3.8, 4) is 5.75 Å². The molecule has 0 bridgehead atoms. The summed E-state index contributed by atoms with van der Waals surface area (Å²) < 4.78 is 7.36. The Hall–Kier alpha value is -1.14. The van der Waals surface area contributed by atoms with Crippen LogP contribution < -0.4 is 10.1 Å². The van der Waals surface area contributed by atoms with E-state index in [2.05, 4.69) is 42.2 Å². The zero-order chi connectivity index (χ0) is 15.4. The lowest BCUT2D eigenvalue weighted by molar-refractivity contribution is -0.123. The van der Waals surface area contributed by atoms with E-state index < -0.39 is 0 Å². The Morgan fingerprint density at radius 3 is 2.90 bits per heavy atom. The molecule has 1 amide bonds. The molecule has 0 aliphatic carbocycles. The quantitative estimate of drug-likeness (QED) is 0.801. The molecule has 1 aromatic carbocycles. The molecule has 0 radical (unpaired) electrons. The van der Waals surface area contributed by atoms with Crippen LogP contribution in [0.5, 0.6) is 5.75 Å². The number of hydrogen-bond acceptors (Lipinski definition) is 3. The summed E-state index contributed by atoms with van der Waals surface area (Å²) in [6.45, 7) is 3.95. The van der Waals surface area contributed by atoms with Gasteiger partial charge in [-0.3, -0.25) is 9.78 Å². The van der Waals surface area contributed by atoms with Crippen molar-refractivity contribution in [2.24, 2.45) is 0 Å². The molecule has 0 saturated carbocycles. The van der Waals surface area contributed by atoms with Crippen molar-refractivity contribution in [3.63, 3.8) is 0 Å². The number of carbonyl (C=O) groups excluding carboxylic acids is 1. The van der Waals surface area contributed by atoms with Gasteiger partial charge in [0.2, 0.25) is 0 Å². The number of halogens is 2. The Morgan fingerprint density at radius 1 is 1.43 bits per heavy atom. The minimum Gasteiger partial charge on any atom is -0.480 e. The Bertz CT molecular complexity index is 661. The second-order valence-corrected chi connectivity index (χ2v) is 6.44. The van der Waals surface area contributed by atoms with Crippen molar-refractivity contribution >= 4 is 48.7 Å². The van der Waals surface area contributed by atoms with Crippen molar-refractivity contribution < 1.29 is 9.53 Å². The van der Waals surface area contributed by atoms with Gasteiger partial charge in [-0.2, -0.15) is 0 Å². The van der Waals surface area contributed by atoms with Gasteiger partial charge in [-0.1, -0.05) is 28.9 Å². The van der Waals surface area contributed by atoms with E-state index in [1.165, 1.54) is 0 Å². The molecule has 0 aliphatic heterocycles. The first-order chi connectivity index (χ1) is 10.0. The van der Waals surface area contributed by atoms with Crippen LogP contribution >= 0.6 is 31.9 Å². The minimum atomic E-state index is -0.136. The van der Waals surface area contributed by atoms with Crippen molar-refractivity contribution in [1.29, 1.82) is 0 Å². The molecule has 1 N–H and O–H groups in total. The predicted octanol–water partition coefficient (Wildman–Crippen LogP) is 4.05. The first kappa shape index (κ1) is 16.2. The van der Waals surface area contributed by atoms with E-state index >= 15 is 0 Å². The summed E-state index contributed by atoms with van der Waals surface area (Å²) in [6, 6.07) is 5.85. The monoisotopic (exact) mass is 414 g/mol. The predicted molar refractivity (Wildman–Crippen MR) is 90.5 cm³/mol. The maximum atomic E-state index is 11.8. The molecule has 2 rings (SSSR count). The number of aromatic nitrogens is 1. The number of benzene rings is 1. The maximum absolute atomic E-state index is 11.8. The largest absolute Gasteiger partial charge is 0.480 e. The molecule has 0 spiro atoms. The van der Waals surface area contributed by atoms with Crippen LogP contribution in [-0.4, -0.2) is 23.5 Å². The van der Waals surface area contributed by atoms with E-state index in [-0.39, 0.29) is 18.6 Å². The van der Waals surface area contributed by atoms with Gasteiger partial charge in [0.25, 0.3) is 5.91 Å². The second-order valence-electron chi connectivity index (χ2n) is 4.73. The first-order valence-corrected chi connectivity index (χ1v) is 8.26. The van der Waals surface area contributed by atoms with Crippen LogP contribution in [0.15, 0.2) is 33.3 Å². The molecule has 6 heteroatoms. The van der Waals surface area contributed by atoms with E-state index in [1.807, 2.05) is 32.0 Å². The fourth-order valence-corrected chi connectivity index (χ4v) is 3.23. The molecule has 0 saturated heterocycles. The Kier molecular flexibility index (Phi) is 5.58. The van der Waals surface area contributed by atoms with Gasteiger partial charge in [0.15, 0.2) is 12.4 Å². The minimum absolute atomic E-state index is 0.0315. The number of amides is 1. The van der Waals surface area contributed by atoms with Gasteiger partial charge < -0.3 is 10.1 Å². The number of nitrogens with zero attached hydrogens (tertiary/aromatic N) is 1. The highest BCUT2D eigenvalue weighted by atomic mass is 79.9. The molecule has 1 heterocycles. The van der Waals surface area contributed by atoms with Crippen LogP contribution in [0.4, 0.5) is 0 Å². The van der Waals surface area contributed by atoms with Crippen LogP contribution in [0.25, 0.3) is 10.9 Å². The highest BCUT2D eigenvalue weighted by Crippen LogP contribution is 2.37. The zero-order valence-electron chi connectivity index (χ0n) is 11.8. The van der Waals surface area contributed by atoms with Crippen LogP contribution in [0, 0.1) is 0 Å². The fraction of sp³-hybridized carbons (Fsp3) is 0.333. The second kappa shape index (κ2) is 7.22. The Morgan fingerprint density at radius 2 is 2.19 bits per heavy atom. The molecule has 4 nitrogen and oxygen atoms in total. The lowest BCUT2D eigenvalue weighted by Crippen LogP contribution is -2.35. The number of hydrogen-bond donors (Lipinski definition) is 1. The standard InChI is InChI=1S/C15H16Br2N2O2/c1-3-9(2)19-13(20)8-21-15-12(17)7-11(16)10-5-4-6-18-14(10)15/h4-7,9H,3,8H2,1-2H3,(H,19,20)/t9-/m0/s1. The summed E-state index contributed by atoms with van der Waals surface area (Å²) in [5.41, 5.74) is 0.718. The molecule has 2 aromatic rings. The van der Waals surface area contributed by atoms with Crippen molar-refractivity contribution in [3.05, 3.63) is 33.3 Å². The van der Waals surface area contributed by atoms with Gasteiger partial charge in [-0.25, -0.2) is 0 Å². The third-order valence-electron chi connectivity index (χ3n) is 3.12. The van der Waals surface area contributed by atoms with Crippen LogP contribution in [-0.2, 0) is 4.79 Å². The molecule has 1 atom stereocenters. The highest BCUT2D eigenvalue weighted by molar-refractivity contribution is 9.11. The van der Waals surface area contributed by atoms with E-state index in [0.717, 1.165) is 26.3 Å². The van der Waals surface area contributed by atoms with E-state index in [0.29, 0.717) is 5.75 Å². The molecule has 0 aliphatic rings. The lowest BCUT2D eigenvalue weighted by Gasteiger charge is -2.14. The summed E-state index contributed by atoms with van der Waals surface area (Å²) in [4.78, 5) is 16.2. The van der Waals surface area contributed by atoms with E-state index in [9.17, 15) is 4.79 Å². The zero-order valence-corrected chi connectivity index (χ0v) is 15.0. The number of ether oxygens (including phenoxy) is 1. The molecule has 21 heavy (non-hydrogen) atoms. The Balaban J connectivity index is 2.21. The summed E-state index contributed by atoms with van der Waals surface area (Å²) in [6.07, 6.45) is 2.59. The van der Waals surface area contributed by atoms with Gasteiger partial charge in [-0.15, -0.1) is 0 Å². The normalized spacial score (nSPS) is 12.2. The van der Waals surface area contributed by atoms with Crippen LogP contribution in [0.3, 0.4) is 0 Å². The fourth-order valence-electron chi connectivity index (χ4n) is 1.84. The molecular weight excluding hydrogens is 400 g/mol. The number of fused-ring (bicyclic) bond motifs is 1. The summed E-state index contributed by atoms with van der Waals surface area (Å²) in [5, 5.41) is 3.81. The molecule has 0 fully saturated rings. The number of nitrogens with one attached hydrogen (secondary N) is 1. The Labute approximate surface area is 140 Å². The lowest BCUT2D eigenvalue weighted by atomic mass is 10.2. The summed E-state index contributed by atoms with van der Waals surface area (Å²) in [7, 11) is 0. The van der Waals surface area contributed by atoms with Crippen molar-refractivity contribution in [1.82, 2.24) is 10.3 Å². The number of rotatable bonds is 5. The van der Waals surface area contributed by atoms with E-state index in [4.69, 9.17) is 4.74 Å². The molecular formula is C15H16Br2N2O2. The van der Waals surface area contributed by atoms with Gasteiger partial charge in [0, 0.05) is 22.1 Å². The summed E-state index contributed by atoms with van der Waals surface area (Å²) >= 11 is 6.96. The highest BCUT2D eigenvalue weighted by Gasteiger charge is 2.14. The van der Waals surface area contributed by atoms with Crippen molar-refractivity contribution in [2.75, 3.05) is 6.61 Å². The summed E-state index contributed by atoms with van der Waals surface area (Å²) in [5.74, 6) is 0.441. The van der Waals surface area contributed by atoms with E-state index in [1.54, 1.807) is 6.20 Å². The van der Waals surface area contributed by atoms with Crippen molar-refractivity contribution in [2.45, 2.75) is 26.3 Å². The van der Waals surface area contributed by atoms with Gasteiger partial charge in [-0.05, 0) is 41.4 Å². The molecule has 0 unspecified atom stereocenters. The van der Waals surface area contributed by atoms with Gasteiger partial charge in [0.05, 0.1) is 4.47 Å². The maximum Gasteiger partial charge on any atom is 0.258 e. The van der Waals surface area contributed by atoms with Crippen LogP contribution in [0.1, 0.15) is 20.3 Å². The average molecular weight is 416 g/mol. The smallest absolute Gasteiger partial charge is 0.258 e. The first-order valence-electron chi connectivity index (χ1n) is 6.67. The number of carbonyl (C=O) groups is 1. The SMILES string of the molecule is CC[C@H](C)NC(=O)COc1c(Br)cc(Br)c2cccnc12. The number of pyridine rings is 1. The van der Waals surface area contributed by atoms with Crippen LogP contribution in [0.2, 0.25) is 0 Å². The molecule has 1 aromatic heterocycles. The van der Waals surface area contributed by atoms with Gasteiger partial charge in [0.1, 0.15) is 5.52 Å². The third kappa shape index (κ3) is 3.95. The average Bonchev–Trinajstić information content (AvgIpc) is 2.46. The third-order valence-corrected chi connectivity index (χ3v) is 4.36. The van der Waals surface area contributed by atoms with Gasteiger partial charge >= 0.3 is 0 Å². The molecule has 112 valence electrons. The topological polar surface area (TPSA) is 51.2 Å².